The summed E-state index contributed by atoms with van der Waals surface area (Å²) < 4.78 is 14.6. The number of thiazole rings is 1. The molecule has 9 heteroatoms. The van der Waals surface area contributed by atoms with E-state index in [0.717, 1.165) is 39.9 Å². The van der Waals surface area contributed by atoms with Gasteiger partial charge in [-0.05, 0) is 61.6 Å². The smallest absolute Gasteiger partial charge is 0.226 e. The van der Waals surface area contributed by atoms with Crippen LogP contribution in [0.15, 0.2) is 42.6 Å². The maximum atomic E-state index is 12.8. The fourth-order valence-electron chi connectivity index (χ4n) is 4.83. The van der Waals surface area contributed by atoms with Crippen molar-refractivity contribution in [1.82, 2.24) is 14.8 Å². The van der Waals surface area contributed by atoms with Crippen molar-refractivity contribution in [3.05, 3.63) is 58.7 Å². The summed E-state index contributed by atoms with van der Waals surface area (Å²) >= 11 is 7.63. The number of rotatable bonds is 5. The zero-order chi connectivity index (χ0) is 23.2. The number of benzene rings is 2. The van der Waals surface area contributed by atoms with Crippen molar-refractivity contribution in [2.24, 2.45) is 0 Å². The van der Waals surface area contributed by atoms with Crippen LogP contribution in [-0.2, 0) is 4.79 Å². The number of anilines is 1. The molecule has 1 unspecified atom stereocenters. The van der Waals surface area contributed by atoms with E-state index in [9.17, 15) is 4.79 Å². The standard InChI is InChI=1S/C25H23ClN4O3S/c1-32-20-8-6-14(10-21(20)33-16-4-2-3-5-16)17-12-23(31)29-24-18(17)13-27-30(24)25-28-19-11-15(26)7-9-22(19)34-25/h6-11,13,16-17H,2-5,12H2,1H3,(H,29,31). The third-order valence-corrected chi connectivity index (χ3v) is 7.77. The van der Waals surface area contributed by atoms with E-state index < -0.39 is 0 Å². The Hall–Kier alpha value is -3.10. The van der Waals surface area contributed by atoms with Gasteiger partial charge in [0.25, 0.3) is 0 Å². The predicted molar refractivity (Wildman–Crippen MR) is 133 cm³/mol. The number of nitrogens with one attached hydrogen (secondary N) is 1. The highest BCUT2D eigenvalue weighted by Gasteiger charge is 2.32. The third kappa shape index (κ3) is 3.80. The molecule has 1 aliphatic heterocycles. The van der Waals surface area contributed by atoms with Gasteiger partial charge in [0.1, 0.15) is 5.82 Å². The maximum Gasteiger partial charge on any atom is 0.226 e. The first-order chi connectivity index (χ1) is 16.6. The molecule has 0 spiro atoms. The van der Waals surface area contributed by atoms with Crippen molar-refractivity contribution in [2.45, 2.75) is 44.1 Å². The summed E-state index contributed by atoms with van der Waals surface area (Å²) in [6, 6.07) is 11.6. The molecule has 34 heavy (non-hydrogen) atoms. The average molecular weight is 495 g/mol. The summed E-state index contributed by atoms with van der Waals surface area (Å²) in [5.74, 6) is 1.89. The normalized spacial score (nSPS) is 18.2. The molecule has 1 saturated carbocycles. The van der Waals surface area contributed by atoms with E-state index in [1.165, 1.54) is 24.2 Å². The number of ether oxygens (including phenoxy) is 2. The molecule has 0 saturated heterocycles. The summed E-state index contributed by atoms with van der Waals surface area (Å²) in [5.41, 5.74) is 2.76. The zero-order valence-corrected chi connectivity index (χ0v) is 20.2. The number of carbonyl (C=O) groups is 1. The van der Waals surface area contributed by atoms with Gasteiger partial charge in [0, 0.05) is 22.9 Å². The van der Waals surface area contributed by atoms with E-state index in [4.69, 9.17) is 21.1 Å². The van der Waals surface area contributed by atoms with Crippen LogP contribution in [0.2, 0.25) is 5.02 Å². The molecule has 2 aromatic heterocycles. The Morgan fingerprint density at radius 1 is 1.15 bits per heavy atom. The van der Waals surface area contributed by atoms with E-state index in [0.29, 0.717) is 28.1 Å². The lowest BCUT2D eigenvalue weighted by molar-refractivity contribution is -0.116. The summed E-state index contributed by atoms with van der Waals surface area (Å²) in [6.45, 7) is 0. The molecule has 2 aromatic carbocycles. The van der Waals surface area contributed by atoms with Crippen LogP contribution in [0, 0.1) is 0 Å². The Morgan fingerprint density at radius 3 is 2.82 bits per heavy atom. The second kappa shape index (κ2) is 8.60. The minimum absolute atomic E-state index is 0.0579. The van der Waals surface area contributed by atoms with Crippen LogP contribution in [0.1, 0.15) is 49.1 Å². The van der Waals surface area contributed by atoms with Gasteiger partial charge in [0.05, 0.1) is 29.6 Å². The Bertz CT molecular complexity index is 1390. The SMILES string of the molecule is COc1ccc(C2CC(=O)Nc3c2cnn3-c2nc3cc(Cl)ccc3s2)cc1OC1CCCC1. The van der Waals surface area contributed by atoms with Crippen LogP contribution in [0.25, 0.3) is 15.3 Å². The minimum Gasteiger partial charge on any atom is -0.493 e. The second-order valence-electron chi connectivity index (χ2n) is 8.71. The van der Waals surface area contributed by atoms with Gasteiger partial charge in [-0.2, -0.15) is 9.78 Å². The quantitative estimate of drug-likeness (QED) is 0.371. The number of halogens is 1. The zero-order valence-electron chi connectivity index (χ0n) is 18.6. The van der Waals surface area contributed by atoms with Gasteiger partial charge in [0.2, 0.25) is 11.0 Å². The number of aromatic nitrogens is 3. The summed E-state index contributed by atoms with van der Waals surface area (Å²) in [4.78, 5) is 17.4. The molecule has 1 N–H and O–H groups in total. The highest BCUT2D eigenvalue weighted by molar-refractivity contribution is 7.20. The number of methoxy groups -OCH3 is 1. The molecule has 2 aliphatic rings. The molecule has 174 valence electrons. The molecule has 1 atom stereocenters. The van der Waals surface area contributed by atoms with Gasteiger partial charge in [0.15, 0.2) is 11.5 Å². The van der Waals surface area contributed by atoms with Crippen molar-refractivity contribution in [3.63, 3.8) is 0 Å². The highest BCUT2D eigenvalue weighted by Crippen LogP contribution is 2.42. The van der Waals surface area contributed by atoms with Crippen LogP contribution in [0.4, 0.5) is 5.82 Å². The van der Waals surface area contributed by atoms with Gasteiger partial charge in [-0.25, -0.2) is 4.98 Å². The average Bonchev–Trinajstić information content (AvgIpc) is 3.57. The molecule has 7 nitrogen and oxygen atoms in total. The lowest BCUT2D eigenvalue weighted by Gasteiger charge is -2.24. The first kappa shape index (κ1) is 21.4. The van der Waals surface area contributed by atoms with E-state index in [2.05, 4.69) is 15.4 Å². The van der Waals surface area contributed by atoms with Gasteiger partial charge in [-0.15, -0.1) is 0 Å². The summed E-state index contributed by atoms with van der Waals surface area (Å²) in [7, 11) is 1.65. The fraction of sp³-hybridized carbons (Fsp3) is 0.320. The number of amides is 1. The first-order valence-electron chi connectivity index (χ1n) is 11.4. The molecular formula is C25H23ClN4O3S. The Kier molecular flexibility index (Phi) is 5.42. The number of fused-ring (bicyclic) bond motifs is 2. The summed E-state index contributed by atoms with van der Waals surface area (Å²) in [6.07, 6.45) is 6.87. The van der Waals surface area contributed by atoms with Crippen LogP contribution in [0.5, 0.6) is 11.5 Å². The minimum atomic E-state index is -0.141. The lowest BCUT2D eigenvalue weighted by atomic mass is 9.87. The molecule has 1 amide bonds. The van der Waals surface area contributed by atoms with Crippen molar-refractivity contribution < 1.29 is 14.3 Å². The van der Waals surface area contributed by atoms with Gasteiger partial charge >= 0.3 is 0 Å². The van der Waals surface area contributed by atoms with Crippen molar-refractivity contribution in [3.8, 4) is 16.6 Å². The van der Waals surface area contributed by atoms with E-state index >= 15 is 0 Å². The van der Waals surface area contributed by atoms with E-state index in [1.54, 1.807) is 11.8 Å². The van der Waals surface area contributed by atoms with Crippen LogP contribution in [-0.4, -0.2) is 33.9 Å². The molecule has 3 heterocycles. The van der Waals surface area contributed by atoms with Gasteiger partial charge in [-0.3, -0.25) is 4.79 Å². The fourth-order valence-corrected chi connectivity index (χ4v) is 5.91. The van der Waals surface area contributed by atoms with Crippen molar-refractivity contribution >= 4 is 44.9 Å². The highest BCUT2D eigenvalue weighted by atomic mass is 35.5. The molecule has 0 bridgehead atoms. The topological polar surface area (TPSA) is 78.3 Å². The van der Waals surface area contributed by atoms with Gasteiger partial charge in [-0.1, -0.05) is 29.0 Å². The van der Waals surface area contributed by atoms with Crippen LogP contribution >= 0.6 is 22.9 Å². The lowest BCUT2D eigenvalue weighted by Crippen LogP contribution is -2.24. The molecule has 1 aliphatic carbocycles. The number of hydrogen-bond acceptors (Lipinski definition) is 6. The molecule has 4 aromatic rings. The Balaban J connectivity index is 1.38. The van der Waals surface area contributed by atoms with E-state index in [1.807, 2.05) is 42.6 Å². The predicted octanol–water partition coefficient (Wildman–Crippen LogP) is 5.94. The Labute approximate surface area is 205 Å². The number of hydrogen-bond donors (Lipinski definition) is 1. The van der Waals surface area contributed by atoms with Crippen LogP contribution in [0.3, 0.4) is 0 Å². The maximum absolute atomic E-state index is 12.8. The van der Waals surface area contributed by atoms with Crippen molar-refractivity contribution in [2.75, 3.05) is 12.4 Å². The Morgan fingerprint density at radius 2 is 2.00 bits per heavy atom. The second-order valence-corrected chi connectivity index (χ2v) is 10.2. The largest absolute Gasteiger partial charge is 0.493 e. The number of nitrogens with zero attached hydrogens (tertiary/aromatic N) is 3. The van der Waals surface area contributed by atoms with Gasteiger partial charge < -0.3 is 14.8 Å². The monoisotopic (exact) mass is 494 g/mol. The molecule has 6 rings (SSSR count). The third-order valence-electron chi connectivity index (χ3n) is 6.53. The first-order valence-corrected chi connectivity index (χ1v) is 12.6. The van der Waals surface area contributed by atoms with E-state index in [-0.39, 0.29) is 17.9 Å². The molecule has 0 radical (unpaired) electrons. The summed E-state index contributed by atoms with van der Waals surface area (Å²) in [5, 5.41) is 8.92. The van der Waals surface area contributed by atoms with Crippen LogP contribution < -0.4 is 14.8 Å². The number of carbonyl (C=O) groups excluding carboxylic acids is 1. The molecular weight excluding hydrogens is 472 g/mol. The molecule has 1 fully saturated rings. The van der Waals surface area contributed by atoms with Crippen molar-refractivity contribution in [1.29, 1.82) is 0 Å².